The van der Waals surface area contributed by atoms with Gasteiger partial charge in [0.2, 0.25) is 0 Å². The maximum Gasteiger partial charge on any atom is 0.0781 e. The van der Waals surface area contributed by atoms with Gasteiger partial charge in [0, 0.05) is 0 Å². The van der Waals surface area contributed by atoms with Gasteiger partial charge in [0.15, 0.2) is 0 Å². The maximum atomic E-state index is 9.36. The van der Waals surface area contributed by atoms with Gasteiger partial charge in [0.1, 0.15) is 0 Å². The van der Waals surface area contributed by atoms with Crippen molar-refractivity contribution in [3.05, 3.63) is 0 Å². The van der Waals surface area contributed by atoms with E-state index >= 15 is 0 Å². The molecule has 0 aromatic carbocycles. The van der Waals surface area contributed by atoms with Gasteiger partial charge in [-0.15, -0.1) is 0 Å². The van der Waals surface area contributed by atoms with Crippen LogP contribution in [0.1, 0.15) is 132 Å². The average Bonchev–Trinajstić information content (AvgIpc) is 3.40. The summed E-state index contributed by atoms with van der Waals surface area (Å²) in [6, 6.07) is 0. The van der Waals surface area contributed by atoms with Gasteiger partial charge in [-0.05, 0) is 132 Å². The topological polar surface area (TPSA) is 207 Å². The number of ether oxygens (including phenoxy) is 18. The summed E-state index contributed by atoms with van der Waals surface area (Å²) < 4.78 is 106. The highest BCUT2D eigenvalue weighted by molar-refractivity contribution is 4.64. The van der Waals surface area contributed by atoms with E-state index < -0.39 is 6.10 Å². The Balaban J connectivity index is 4.02. The zero-order valence-corrected chi connectivity index (χ0v) is 51.6. The maximum absolute atomic E-state index is 9.36. The molecule has 0 aromatic heterocycles. The third-order valence-corrected chi connectivity index (χ3v) is 11.3. The van der Waals surface area contributed by atoms with E-state index in [0.29, 0.717) is 112 Å². The monoisotopic (exact) mass is 1120 g/mol. The largest absolute Gasteiger partial charge is 0.394 e. The molecule has 0 saturated carbocycles. The van der Waals surface area contributed by atoms with Crippen LogP contribution in [0.4, 0.5) is 0 Å². The van der Waals surface area contributed by atoms with Crippen molar-refractivity contribution in [1.29, 1.82) is 0 Å². The number of aliphatic hydroxyl groups excluding tert-OH is 2. The van der Waals surface area contributed by atoms with Gasteiger partial charge in [0.05, 0.1) is 242 Å². The summed E-state index contributed by atoms with van der Waals surface area (Å²) in [5.41, 5.74) is 0. The lowest BCUT2D eigenvalue weighted by atomic mass is 10.3. The highest BCUT2D eigenvalue weighted by Gasteiger charge is 2.19. The first-order valence-corrected chi connectivity index (χ1v) is 28.7. The third-order valence-electron chi connectivity index (χ3n) is 11.3. The Morgan fingerprint density at radius 3 is 0.351 bits per heavy atom. The van der Waals surface area contributed by atoms with Gasteiger partial charge in [-0.2, -0.15) is 0 Å². The lowest BCUT2D eigenvalue weighted by molar-refractivity contribution is -0.117. The lowest BCUT2D eigenvalue weighted by Crippen LogP contribution is -2.31. The molecular weight excluding hydrogens is 1000 g/mol. The average molecular weight is 1120 g/mol. The van der Waals surface area contributed by atoms with Gasteiger partial charge < -0.3 is 95.5 Å². The van der Waals surface area contributed by atoms with Crippen molar-refractivity contribution < 1.29 is 95.5 Å². The molecule has 0 aliphatic carbocycles. The third kappa shape index (κ3) is 48.4. The highest BCUT2D eigenvalue weighted by atomic mass is 16.6. The molecule has 0 saturated heterocycles. The second-order valence-electron chi connectivity index (χ2n) is 21.6. The molecule has 19 unspecified atom stereocenters. The Kier molecular flexibility index (Phi) is 47.2. The van der Waals surface area contributed by atoms with E-state index in [1.807, 2.05) is 125 Å². The molecule has 0 radical (unpaired) electrons. The molecule has 0 aliphatic rings. The van der Waals surface area contributed by atoms with Gasteiger partial charge in [-0.1, -0.05) is 0 Å². The summed E-state index contributed by atoms with van der Waals surface area (Å²) in [6.45, 7) is 44.7. The first-order valence-electron chi connectivity index (χ1n) is 28.7. The second kappa shape index (κ2) is 47.7. The minimum absolute atomic E-state index is 0.0127. The molecule has 0 rings (SSSR count). The Hall–Kier alpha value is -0.800. The minimum atomic E-state index is -0.497. The van der Waals surface area contributed by atoms with E-state index in [2.05, 4.69) is 0 Å². The molecule has 0 aromatic rings. The zero-order valence-electron chi connectivity index (χ0n) is 51.6. The molecule has 0 bridgehead atoms. The molecule has 0 fully saturated rings. The van der Waals surface area contributed by atoms with Crippen LogP contribution < -0.4 is 0 Å². The van der Waals surface area contributed by atoms with Crippen molar-refractivity contribution in [2.24, 2.45) is 0 Å². The molecule has 77 heavy (non-hydrogen) atoms. The second-order valence-corrected chi connectivity index (χ2v) is 21.6. The molecule has 464 valence electrons. The van der Waals surface area contributed by atoms with Crippen molar-refractivity contribution in [3.8, 4) is 0 Å². The van der Waals surface area contributed by atoms with E-state index in [0.717, 1.165) is 0 Å². The normalized spacial score (nSPS) is 19.9. The molecule has 20 heteroatoms. The quantitative estimate of drug-likeness (QED) is 0.0654. The first kappa shape index (κ1) is 76.2. The molecule has 0 amide bonds. The molecule has 0 heterocycles. The number of rotatable bonds is 55. The Bertz CT molecular complexity index is 1290. The van der Waals surface area contributed by atoms with Crippen molar-refractivity contribution in [2.75, 3.05) is 126 Å². The van der Waals surface area contributed by atoms with Crippen molar-refractivity contribution in [3.63, 3.8) is 0 Å². The van der Waals surface area contributed by atoms with Crippen LogP contribution in [0.3, 0.4) is 0 Å². The van der Waals surface area contributed by atoms with E-state index in [1.165, 1.54) is 0 Å². The van der Waals surface area contributed by atoms with E-state index in [-0.39, 0.29) is 123 Å². The first-order chi connectivity index (χ1) is 36.4. The van der Waals surface area contributed by atoms with Crippen LogP contribution >= 0.6 is 0 Å². The summed E-state index contributed by atoms with van der Waals surface area (Å²) >= 11 is 0. The predicted octanol–water partition coefficient (Wildman–Crippen LogP) is 6.65. The number of aliphatic hydroxyl groups is 2. The fourth-order valence-electron chi connectivity index (χ4n) is 6.27. The SMILES string of the molecule is CC(O)COC(C)COC(C)COC(C)COC(C)COC(C)COC(C)COC(C)COC(C)COC(C)COC(C)COC(C)COC(C)COC(C)COC(C)COC(C)COC(C)COC(C)COC(C)CO. The van der Waals surface area contributed by atoms with Gasteiger partial charge >= 0.3 is 0 Å². The fourth-order valence-corrected chi connectivity index (χ4v) is 6.27. The summed E-state index contributed by atoms with van der Waals surface area (Å²) in [4.78, 5) is 0. The molecular formula is C57H116O20. The summed E-state index contributed by atoms with van der Waals surface area (Å²) in [7, 11) is 0. The van der Waals surface area contributed by atoms with Crippen LogP contribution in [0.25, 0.3) is 0 Å². The van der Waals surface area contributed by atoms with Crippen LogP contribution in [0.2, 0.25) is 0 Å². The van der Waals surface area contributed by atoms with E-state index in [9.17, 15) is 5.11 Å². The smallest absolute Gasteiger partial charge is 0.0781 e. The summed E-state index contributed by atoms with van der Waals surface area (Å²) in [6.07, 6.45) is -2.48. The fraction of sp³-hybridized carbons (Fsp3) is 1.00. The molecule has 0 aliphatic heterocycles. The van der Waals surface area contributed by atoms with Crippen molar-refractivity contribution in [2.45, 2.75) is 248 Å². The van der Waals surface area contributed by atoms with Crippen LogP contribution in [0.5, 0.6) is 0 Å². The van der Waals surface area contributed by atoms with E-state index in [4.69, 9.17) is 90.4 Å². The van der Waals surface area contributed by atoms with Crippen molar-refractivity contribution >= 4 is 0 Å². The Morgan fingerprint density at radius 2 is 0.260 bits per heavy atom. The standard InChI is InChI=1S/C57H116O20/c1-39(59)21-60-41(3)23-62-43(5)25-64-45(7)27-66-47(9)29-68-49(11)31-70-51(13)33-72-53(15)35-74-55(17)37-76-57(19)38-77-56(18)36-75-54(16)34-73-52(14)32-71-50(12)30-69-48(10)28-67-46(8)26-65-44(6)24-63-42(4)22-61-40(2)20-58/h39-59H,20-38H2,1-19H3. The van der Waals surface area contributed by atoms with Crippen LogP contribution in [-0.4, -0.2) is 252 Å². The lowest BCUT2D eigenvalue weighted by Gasteiger charge is -2.24. The van der Waals surface area contributed by atoms with Gasteiger partial charge in [-0.3, -0.25) is 0 Å². The molecule has 2 N–H and O–H groups in total. The molecule has 19 atom stereocenters. The minimum Gasteiger partial charge on any atom is -0.394 e. The van der Waals surface area contributed by atoms with Crippen LogP contribution in [0, 0.1) is 0 Å². The Labute approximate surface area is 467 Å². The van der Waals surface area contributed by atoms with Crippen LogP contribution in [0.15, 0.2) is 0 Å². The summed E-state index contributed by atoms with van der Waals surface area (Å²) in [5.74, 6) is 0. The number of hydrogen-bond donors (Lipinski definition) is 2. The molecule has 0 spiro atoms. The summed E-state index contributed by atoms with van der Waals surface area (Å²) in [5, 5.41) is 18.4. The van der Waals surface area contributed by atoms with E-state index in [1.54, 1.807) is 6.92 Å². The molecule has 20 nitrogen and oxygen atoms in total. The predicted molar refractivity (Wildman–Crippen MR) is 296 cm³/mol. The van der Waals surface area contributed by atoms with Crippen molar-refractivity contribution in [1.82, 2.24) is 0 Å². The zero-order chi connectivity index (χ0) is 58.1. The van der Waals surface area contributed by atoms with Crippen LogP contribution in [-0.2, 0) is 85.3 Å². The van der Waals surface area contributed by atoms with Gasteiger partial charge in [-0.25, -0.2) is 0 Å². The Morgan fingerprint density at radius 1 is 0.169 bits per heavy atom. The number of hydrogen-bond acceptors (Lipinski definition) is 20. The highest BCUT2D eigenvalue weighted by Crippen LogP contribution is 2.10. The van der Waals surface area contributed by atoms with Gasteiger partial charge in [0.25, 0.3) is 0 Å².